The number of carbonyl (C=O) groups is 1. The van der Waals surface area contributed by atoms with Crippen LogP contribution in [0.2, 0.25) is 0 Å². The first-order chi connectivity index (χ1) is 15.6. The van der Waals surface area contributed by atoms with Crippen molar-refractivity contribution in [2.24, 2.45) is 0 Å². The van der Waals surface area contributed by atoms with Gasteiger partial charge in [-0.05, 0) is 48.4 Å². The Kier molecular flexibility index (Phi) is 7.55. The summed E-state index contributed by atoms with van der Waals surface area (Å²) in [5.74, 6) is 1.65. The number of benzene rings is 3. The Morgan fingerprint density at radius 2 is 1.78 bits per heavy atom. The molecule has 0 saturated heterocycles. The Balaban J connectivity index is 1.37. The van der Waals surface area contributed by atoms with E-state index in [1.807, 2.05) is 37.3 Å². The maximum atomic E-state index is 12.4. The van der Waals surface area contributed by atoms with Crippen molar-refractivity contribution in [3.63, 3.8) is 0 Å². The highest BCUT2D eigenvalue weighted by atomic mass is 79.9. The molecule has 0 aliphatic rings. The Hall–Kier alpha value is -2.70. The first kappa shape index (κ1) is 22.5. The fraction of sp³-hybridized carbons (Fsp3) is 0.192. The number of nitrogens with one attached hydrogen (secondary N) is 2. The van der Waals surface area contributed by atoms with Crippen LogP contribution >= 0.6 is 27.7 Å². The summed E-state index contributed by atoms with van der Waals surface area (Å²) < 4.78 is 6.51. The van der Waals surface area contributed by atoms with Crippen molar-refractivity contribution in [3.8, 4) is 17.0 Å². The molecule has 0 unspecified atom stereocenters. The molecule has 0 saturated carbocycles. The van der Waals surface area contributed by atoms with Gasteiger partial charge in [0.2, 0.25) is 5.91 Å². The highest BCUT2D eigenvalue weighted by molar-refractivity contribution is 9.10. The number of hydrogen-bond acceptors (Lipinski definition) is 3. The predicted molar refractivity (Wildman–Crippen MR) is 136 cm³/mol. The van der Waals surface area contributed by atoms with Gasteiger partial charge in [0.05, 0.1) is 18.7 Å². The lowest BCUT2D eigenvalue weighted by atomic mass is 10.1. The van der Waals surface area contributed by atoms with Gasteiger partial charge in [0, 0.05) is 32.6 Å². The Labute approximate surface area is 200 Å². The fourth-order valence-electron chi connectivity index (χ4n) is 3.55. The van der Waals surface area contributed by atoms with Crippen molar-refractivity contribution in [2.75, 3.05) is 18.9 Å². The van der Waals surface area contributed by atoms with E-state index in [2.05, 4.69) is 68.7 Å². The summed E-state index contributed by atoms with van der Waals surface area (Å²) in [7, 11) is 0. The second kappa shape index (κ2) is 10.7. The molecule has 1 amide bonds. The quantitative estimate of drug-likeness (QED) is 0.202. The number of fused-ring (bicyclic) bond motifs is 1. The van der Waals surface area contributed by atoms with Gasteiger partial charge in [-0.2, -0.15) is 0 Å². The number of amides is 1. The molecule has 1 heterocycles. The van der Waals surface area contributed by atoms with Gasteiger partial charge in [0.25, 0.3) is 0 Å². The molecule has 0 aliphatic heterocycles. The molecule has 0 atom stereocenters. The predicted octanol–water partition coefficient (Wildman–Crippen LogP) is 6.45. The average molecular weight is 509 g/mol. The molecule has 1 aromatic heterocycles. The third-order valence-electron chi connectivity index (χ3n) is 5.06. The van der Waals surface area contributed by atoms with Crippen molar-refractivity contribution in [1.29, 1.82) is 0 Å². The lowest BCUT2D eigenvalue weighted by Crippen LogP contribution is -2.27. The number of ether oxygens (including phenoxy) is 1. The summed E-state index contributed by atoms with van der Waals surface area (Å²) in [4.78, 5) is 17.1. The van der Waals surface area contributed by atoms with E-state index in [-0.39, 0.29) is 5.91 Å². The van der Waals surface area contributed by atoms with Crippen LogP contribution in [-0.2, 0) is 11.2 Å². The van der Waals surface area contributed by atoms with Gasteiger partial charge in [-0.15, -0.1) is 11.8 Å². The van der Waals surface area contributed by atoms with E-state index in [0.29, 0.717) is 19.6 Å². The number of aromatic amines is 1. The number of hydrogen-bond donors (Lipinski definition) is 2. The number of para-hydroxylation sites is 1. The highest BCUT2D eigenvalue weighted by Gasteiger charge is 2.14. The molecular weight excluding hydrogens is 484 g/mol. The molecule has 6 heteroatoms. The smallest absolute Gasteiger partial charge is 0.224 e. The summed E-state index contributed by atoms with van der Waals surface area (Å²) in [6.45, 7) is 3.20. The van der Waals surface area contributed by atoms with E-state index in [9.17, 15) is 4.79 Å². The number of halogens is 1. The molecule has 0 radical (unpaired) electrons. The van der Waals surface area contributed by atoms with Gasteiger partial charge in [0.15, 0.2) is 0 Å². The number of H-pyrrole nitrogens is 1. The molecular formula is C26H25BrN2O2S. The zero-order valence-corrected chi connectivity index (χ0v) is 20.3. The molecule has 4 rings (SSSR count). The van der Waals surface area contributed by atoms with Crippen LogP contribution in [0.1, 0.15) is 12.5 Å². The third kappa shape index (κ3) is 5.56. The molecule has 164 valence electrons. The van der Waals surface area contributed by atoms with Gasteiger partial charge in [-0.1, -0.05) is 58.4 Å². The van der Waals surface area contributed by atoms with Crippen LogP contribution in [0.25, 0.3) is 22.2 Å². The molecule has 0 spiro atoms. The Morgan fingerprint density at radius 3 is 2.53 bits per heavy atom. The van der Waals surface area contributed by atoms with E-state index >= 15 is 0 Å². The van der Waals surface area contributed by atoms with Crippen molar-refractivity contribution >= 4 is 44.5 Å². The highest BCUT2D eigenvalue weighted by Crippen LogP contribution is 2.37. The zero-order chi connectivity index (χ0) is 22.3. The normalized spacial score (nSPS) is 10.9. The lowest BCUT2D eigenvalue weighted by Gasteiger charge is -2.08. The first-order valence-corrected chi connectivity index (χ1v) is 12.4. The summed E-state index contributed by atoms with van der Waals surface area (Å²) >= 11 is 5.27. The van der Waals surface area contributed by atoms with Crippen LogP contribution < -0.4 is 10.1 Å². The van der Waals surface area contributed by atoms with E-state index in [4.69, 9.17) is 4.74 Å². The van der Waals surface area contributed by atoms with E-state index in [1.165, 1.54) is 10.3 Å². The molecule has 4 nitrogen and oxygen atoms in total. The monoisotopic (exact) mass is 508 g/mol. The van der Waals surface area contributed by atoms with E-state index < -0.39 is 0 Å². The molecule has 4 aromatic rings. The van der Waals surface area contributed by atoms with Crippen molar-refractivity contribution in [2.45, 2.75) is 18.2 Å². The zero-order valence-electron chi connectivity index (χ0n) is 17.9. The largest absolute Gasteiger partial charge is 0.494 e. The number of rotatable bonds is 9. The SMILES string of the molecule is CCOc1ccc(CC(=O)NCCSc2c(-c3ccc(Br)cc3)[nH]c3ccccc23)cc1. The first-order valence-electron chi connectivity index (χ1n) is 10.6. The fourth-order valence-corrected chi connectivity index (χ4v) is 4.87. The molecule has 32 heavy (non-hydrogen) atoms. The lowest BCUT2D eigenvalue weighted by molar-refractivity contribution is -0.120. The Morgan fingerprint density at radius 1 is 1.03 bits per heavy atom. The second-order valence-corrected chi connectivity index (χ2v) is 9.35. The number of carbonyl (C=O) groups excluding carboxylic acids is 1. The van der Waals surface area contributed by atoms with Crippen molar-refractivity contribution in [1.82, 2.24) is 10.3 Å². The van der Waals surface area contributed by atoms with Crippen LogP contribution in [0, 0.1) is 0 Å². The van der Waals surface area contributed by atoms with Crippen LogP contribution in [0.4, 0.5) is 0 Å². The summed E-state index contributed by atoms with van der Waals surface area (Å²) in [5.41, 5.74) is 4.36. The van der Waals surface area contributed by atoms with Crippen LogP contribution in [0.15, 0.2) is 82.2 Å². The summed E-state index contributed by atoms with van der Waals surface area (Å²) in [6.07, 6.45) is 0.369. The molecule has 3 aromatic carbocycles. The minimum atomic E-state index is 0.0295. The van der Waals surface area contributed by atoms with E-state index in [0.717, 1.165) is 38.3 Å². The molecule has 0 bridgehead atoms. The van der Waals surface area contributed by atoms with Gasteiger partial charge in [0.1, 0.15) is 5.75 Å². The van der Waals surface area contributed by atoms with Crippen LogP contribution in [0.5, 0.6) is 5.75 Å². The van der Waals surface area contributed by atoms with Gasteiger partial charge in [-0.3, -0.25) is 4.79 Å². The van der Waals surface area contributed by atoms with Gasteiger partial charge < -0.3 is 15.0 Å². The topological polar surface area (TPSA) is 54.1 Å². The molecule has 0 aliphatic carbocycles. The van der Waals surface area contributed by atoms with Crippen LogP contribution in [0.3, 0.4) is 0 Å². The average Bonchev–Trinajstić information content (AvgIpc) is 3.17. The number of aromatic nitrogens is 1. The summed E-state index contributed by atoms with van der Waals surface area (Å²) in [6, 6.07) is 24.4. The Bertz CT molecular complexity index is 1190. The minimum absolute atomic E-state index is 0.0295. The minimum Gasteiger partial charge on any atom is -0.494 e. The van der Waals surface area contributed by atoms with Crippen LogP contribution in [-0.4, -0.2) is 29.8 Å². The maximum absolute atomic E-state index is 12.4. The van der Waals surface area contributed by atoms with Crippen molar-refractivity contribution in [3.05, 3.63) is 82.8 Å². The van der Waals surface area contributed by atoms with E-state index in [1.54, 1.807) is 11.8 Å². The standard InChI is InChI=1S/C26H25BrN2O2S/c1-2-31-21-13-7-18(8-14-21)17-24(30)28-15-16-32-26-22-5-3-4-6-23(22)29-25(26)19-9-11-20(27)12-10-19/h3-14,29H,2,15-17H2,1H3,(H,28,30). The summed E-state index contributed by atoms with van der Waals surface area (Å²) in [5, 5.41) is 4.25. The molecule has 0 fully saturated rings. The second-order valence-electron chi connectivity index (χ2n) is 7.33. The number of thioether (sulfide) groups is 1. The van der Waals surface area contributed by atoms with Crippen molar-refractivity contribution < 1.29 is 9.53 Å². The maximum Gasteiger partial charge on any atom is 0.224 e. The van der Waals surface area contributed by atoms with Gasteiger partial charge in [-0.25, -0.2) is 0 Å². The third-order valence-corrected chi connectivity index (χ3v) is 6.71. The molecule has 2 N–H and O–H groups in total. The van der Waals surface area contributed by atoms with Gasteiger partial charge >= 0.3 is 0 Å².